The molecule has 2 aromatic carbocycles. The van der Waals surface area contributed by atoms with Gasteiger partial charge in [-0.2, -0.15) is 0 Å². The molecule has 0 saturated carbocycles. The number of halogens is 1. The van der Waals surface area contributed by atoms with Crippen molar-refractivity contribution >= 4 is 33.2 Å². The van der Waals surface area contributed by atoms with E-state index in [1.54, 1.807) is 36.4 Å². The summed E-state index contributed by atoms with van der Waals surface area (Å²) in [5, 5.41) is 3.43. The van der Waals surface area contributed by atoms with Gasteiger partial charge in [-0.3, -0.25) is 9.10 Å². The fourth-order valence-corrected chi connectivity index (χ4v) is 5.01. The van der Waals surface area contributed by atoms with Crippen LogP contribution in [0.2, 0.25) is 5.02 Å². The van der Waals surface area contributed by atoms with E-state index in [2.05, 4.69) is 10.2 Å². The highest BCUT2D eigenvalue weighted by Gasteiger charge is 2.21. The maximum Gasteiger partial charge on any atom is 0.264 e. The van der Waals surface area contributed by atoms with Crippen molar-refractivity contribution < 1.29 is 13.2 Å². The van der Waals surface area contributed by atoms with Crippen LogP contribution in [0, 0.1) is 0 Å². The molecule has 0 bridgehead atoms. The Bertz CT molecular complexity index is 955. The minimum Gasteiger partial charge on any atom is -0.352 e. The zero-order valence-corrected chi connectivity index (χ0v) is 19.5. The van der Waals surface area contributed by atoms with Gasteiger partial charge < -0.3 is 10.2 Å². The molecule has 1 fully saturated rings. The first-order valence-electron chi connectivity index (χ1n) is 10.7. The summed E-state index contributed by atoms with van der Waals surface area (Å²) in [6, 6.07) is 12.6. The van der Waals surface area contributed by atoms with E-state index in [0.29, 0.717) is 22.8 Å². The Balaban J connectivity index is 1.52. The molecule has 0 aliphatic carbocycles. The predicted octanol–water partition coefficient (Wildman–Crippen LogP) is 4.16. The first-order valence-corrected chi connectivity index (χ1v) is 12.5. The number of hydrogen-bond donors (Lipinski definition) is 1. The Morgan fingerprint density at radius 2 is 1.61 bits per heavy atom. The third-order valence-electron chi connectivity index (χ3n) is 5.60. The fraction of sp³-hybridized carbons (Fsp3) is 0.435. The molecule has 0 unspecified atom stereocenters. The molecule has 0 radical (unpaired) electrons. The quantitative estimate of drug-likeness (QED) is 0.597. The van der Waals surface area contributed by atoms with Crippen LogP contribution in [-0.2, 0) is 10.0 Å². The first kappa shape index (κ1) is 23.6. The normalized spacial score (nSPS) is 15.3. The Morgan fingerprint density at radius 1 is 1.00 bits per heavy atom. The van der Waals surface area contributed by atoms with Crippen molar-refractivity contribution in [1.29, 1.82) is 0 Å². The van der Waals surface area contributed by atoms with Crippen molar-refractivity contribution in [2.75, 3.05) is 37.5 Å². The van der Waals surface area contributed by atoms with Gasteiger partial charge >= 0.3 is 0 Å². The Kier molecular flexibility index (Phi) is 8.35. The molecule has 0 spiro atoms. The Labute approximate surface area is 190 Å². The van der Waals surface area contributed by atoms with Gasteiger partial charge in [0.2, 0.25) is 0 Å². The lowest BCUT2D eigenvalue weighted by atomic mass is 10.2. The van der Waals surface area contributed by atoms with Crippen molar-refractivity contribution in [2.45, 2.75) is 37.0 Å². The van der Waals surface area contributed by atoms with Crippen molar-refractivity contribution in [1.82, 2.24) is 10.2 Å². The number of nitrogens with one attached hydrogen (secondary N) is 1. The fourth-order valence-electron chi connectivity index (χ4n) is 3.69. The van der Waals surface area contributed by atoms with Crippen molar-refractivity contribution in [3.05, 3.63) is 59.1 Å². The number of anilines is 1. The summed E-state index contributed by atoms with van der Waals surface area (Å²) in [5.41, 5.74) is 0.989. The second-order valence-corrected chi connectivity index (χ2v) is 10.2. The number of rotatable bonds is 8. The zero-order valence-electron chi connectivity index (χ0n) is 17.9. The number of amides is 1. The Morgan fingerprint density at radius 3 is 2.23 bits per heavy atom. The topological polar surface area (TPSA) is 69.7 Å². The molecule has 3 rings (SSSR count). The van der Waals surface area contributed by atoms with Crippen molar-refractivity contribution in [2.24, 2.45) is 0 Å². The summed E-state index contributed by atoms with van der Waals surface area (Å²) < 4.78 is 26.8. The maximum absolute atomic E-state index is 12.8. The van der Waals surface area contributed by atoms with Crippen LogP contribution in [0.25, 0.3) is 0 Å². The van der Waals surface area contributed by atoms with Crippen LogP contribution in [0.5, 0.6) is 0 Å². The van der Waals surface area contributed by atoms with E-state index in [-0.39, 0.29) is 10.8 Å². The Hall–Kier alpha value is -2.09. The van der Waals surface area contributed by atoms with Gasteiger partial charge in [-0.05, 0) is 87.4 Å². The molecule has 2 aromatic rings. The zero-order chi connectivity index (χ0) is 22.3. The number of benzene rings is 2. The molecule has 1 saturated heterocycles. The molecule has 1 heterocycles. The molecule has 0 atom stereocenters. The van der Waals surface area contributed by atoms with Gasteiger partial charge in [0, 0.05) is 24.2 Å². The van der Waals surface area contributed by atoms with Crippen LogP contribution in [-0.4, -0.2) is 52.5 Å². The van der Waals surface area contributed by atoms with E-state index in [1.165, 1.54) is 49.2 Å². The van der Waals surface area contributed by atoms with E-state index in [9.17, 15) is 13.2 Å². The molecule has 1 amide bonds. The minimum atomic E-state index is -3.70. The predicted molar refractivity (Wildman–Crippen MR) is 125 cm³/mol. The molecule has 1 aliphatic rings. The van der Waals surface area contributed by atoms with E-state index in [0.717, 1.165) is 26.1 Å². The summed E-state index contributed by atoms with van der Waals surface area (Å²) in [5.74, 6) is -0.148. The van der Waals surface area contributed by atoms with Gasteiger partial charge in [-0.1, -0.05) is 24.4 Å². The van der Waals surface area contributed by atoms with E-state index in [4.69, 9.17) is 11.6 Å². The summed E-state index contributed by atoms with van der Waals surface area (Å²) in [6.45, 7) is 3.94. The molecule has 0 aromatic heterocycles. The molecular weight excluding hydrogens is 434 g/mol. The number of carbonyl (C=O) groups excluding carboxylic acids is 1. The average molecular weight is 464 g/mol. The lowest BCUT2D eigenvalue weighted by molar-refractivity contribution is 0.0951. The van der Waals surface area contributed by atoms with Gasteiger partial charge in [0.15, 0.2) is 0 Å². The van der Waals surface area contributed by atoms with Crippen LogP contribution in [0.3, 0.4) is 0 Å². The molecule has 1 aliphatic heterocycles. The van der Waals surface area contributed by atoms with Crippen LogP contribution < -0.4 is 9.62 Å². The summed E-state index contributed by atoms with van der Waals surface area (Å²) >= 11 is 5.85. The molecule has 31 heavy (non-hydrogen) atoms. The molecular formula is C23H30ClN3O3S. The number of nitrogens with zero attached hydrogens (tertiary/aromatic N) is 2. The highest BCUT2D eigenvalue weighted by Crippen LogP contribution is 2.23. The minimum absolute atomic E-state index is 0.148. The van der Waals surface area contributed by atoms with Gasteiger partial charge in [0.1, 0.15) is 0 Å². The lowest BCUT2D eigenvalue weighted by Crippen LogP contribution is -2.30. The van der Waals surface area contributed by atoms with E-state index in [1.807, 2.05) is 0 Å². The maximum atomic E-state index is 12.8. The molecule has 8 heteroatoms. The second kappa shape index (κ2) is 11.0. The van der Waals surface area contributed by atoms with Crippen molar-refractivity contribution in [3.63, 3.8) is 0 Å². The number of hydrogen-bond acceptors (Lipinski definition) is 4. The van der Waals surface area contributed by atoms with E-state index < -0.39 is 10.0 Å². The summed E-state index contributed by atoms with van der Waals surface area (Å²) in [7, 11) is -2.22. The SMILES string of the molecule is CN(c1ccc(C(=O)NCCCN2CCCCCC2)cc1)S(=O)(=O)c1ccc(Cl)cc1. The smallest absolute Gasteiger partial charge is 0.264 e. The van der Waals surface area contributed by atoms with Gasteiger partial charge in [0.05, 0.1) is 10.6 Å². The van der Waals surface area contributed by atoms with Gasteiger partial charge in [0.25, 0.3) is 15.9 Å². The molecule has 6 nitrogen and oxygen atoms in total. The third kappa shape index (κ3) is 6.45. The van der Waals surface area contributed by atoms with Crippen LogP contribution >= 0.6 is 11.6 Å². The average Bonchev–Trinajstić information content (AvgIpc) is 3.05. The van der Waals surface area contributed by atoms with Gasteiger partial charge in [-0.15, -0.1) is 0 Å². The van der Waals surface area contributed by atoms with Crippen molar-refractivity contribution in [3.8, 4) is 0 Å². The molecule has 1 N–H and O–H groups in total. The summed E-state index contributed by atoms with van der Waals surface area (Å²) in [4.78, 5) is 15.0. The monoisotopic (exact) mass is 463 g/mol. The molecule has 168 valence electrons. The number of likely N-dealkylation sites (tertiary alicyclic amines) is 1. The number of carbonyl (C=O) groups is 1. The highest BCUT2D eigenvalue weighted by molar-refractivity contribution is 7.92. The van der Waals surface area contributed by atoms with Crippen LogP contribution in [0.4, 0.5) is 5.69 Å². The van der Waals surface area contributed by atoms with Crippen LogP contribution in [0.15, 0.2) is 53.4 Å². The number of sulfonamides is 1. The van der Waals surface area contributed by atoms with Gasteiger partial charge in [-0.25, -0.2) is 8.42 Å². The first-order chi connectivity index (χ1) is 14.9. The van der Waals surface area contributed by atoms with E-state index >= 15 is 0 Å². The second-order valence-electron chi connectivity index (χ2n) is 7.84. The largest absolute Gasteiger partial charge is 0.352 e. The van der Waals surface area contributed by atoms with Crippen LogP contribution in [0.1, 0.15) is 42.5 Å². The highest BCUT2D eigenvalue weighted by atomic mass is 35.5. The third-order valence-corrected chi connectivity index (χ3v) is 7.65. The standard InChI is InChI=1S/C23H30ClN3O3S/c1-26(31(29,30)22-13-9-20(24)10-14-22)21-11-7-19(8-12-21)23(28)25-15-6-18-27-16-4-2-3-5-17-27/h7-14H,2-6,15-18H2,1H3,(H,25,28). The summed E-state index contributed by atoms with van der Waals surface area (Å²) in [6.07, 6.45) is 6.09. The lowest BCUT2D eigenvalue weighted by Gasteiger charge is -2.20.